The number of nitriles is 1. The monoisotopic (exact) mass is 342 g/mol. The summed E-state index contributed by atoms with van der Waals surface area (Å²) in [6, 6.07) is 19.3. The molecule has 0 N–H and O–H groups in total. The molecule has 0 aliphatic rings. The SMILES string of the molecule is CCOC(=O)c1ccc(-n2cc(C#N)c(/C=C/c3ccccc3)c2)cc1. The van der Waals surface area contributed by atoms with E-state index < -0.39 is 0 Å². The quantitative estimate of drug-likeness (QED) is 0.632. The molecule has 1 heterocycles. The lowest BCUT2D eigenvalue weighted by Gasteiger charge is -2.05. The molecule has 0 unspecified atom stereocenters. The average Bonchev–Trinajstić information content (AvgIpc) is 3.11. The molecule has 26 heavy (non-hydrogen) atoms. The minimum Gasteiger partial charge on any atom is -0.462 e. The Kier molecular flexibility index (Phi) is 5.31. The molecule has 0 aliphatic heterocycles. The highest BCUT2D eigenvalue weighted by molar-refractivity contribution is 5.89. The van der Waals surface area contributed by atoms with E-state index >= 15 is 0 Å². The van der Waals surface area contributed by atoms with Gasteiger partial charge in [0.15, 0.2) is 0 Å². The Morgan fingerprint density at radius 3 is 2.46 bits per heavy atom. The van der Waals surface area contributed by atoms with Crippen LogP contribution in [-0.2, 0) is 4.74 Å². The standard InChI is InChI=1S/C22H18N2O2/c1-2-26-22(25)18-10-12-21(13-11-18)24-15-19(20(14-23)16-24)9-8-17-6-4-3-5-7-17/h3-13,15-16H,2H2,1H3/b9-8+. The topological polar surface area (TPSA) is 55.0 Å². The van der Waals surface area contributed by atoms with Gasteiger partial charge in [0.25, 0.3) is 0 Å². The maximum atomic E-state index is 11.7. The van der Waals surface area contributed by atoms with Crippen LogP contribution in [-0.4, -0.2) is 17.1 Å². The van der Waals surface area contributed by atoms with Crippen molar-refractivity contribution in [1.82, 2.24) is 4.57 Å². The van der Waals surface area contributed by atoms with E-state index in [9.17, 15) is 10.1 Å². The molecular formula is C22H18N2O2. The van der Waals surface area contributed by atoms with E-state index in [0.717, 1.165) is 16.8 Å². The minimum absolute atomic E-state index is 0.337. The predicted octanol–water partition coefficient (Wildman–Crippen LogP) is 4.70. The molecule has 0 bridgehead atoms. The van der Waals surface area contributed by atoms with Crippen LogP contribution in [0.3, 0.4) is 0 Å². The number of esters is 1. The maximum absolute atomic E-state index is 11.7. The molecule has 4 heteroatoms. The fraction of sp³-hybridized carbons (Fsp3) is 0.0909. The number of rotatable bonds is 5. The first-order chi connectivity index (χ1) is 12.7. The fourth-order valence-electron chi connectivity index (χ4n) is 2.58. The van der Waals surface area contributed by atoms with E-state index in [4.69, 9.17) is 4.74 Å². The van der Waals surface area contributed by atoms with Gasteiger partial charge in [-0.25, -0.2) is 4.79 Å². The third-order valence-corrected chi connectivity index (χ3v) is 3.91. The number of hydrogen-bond acceptors (Lipinski definition) is 3. The summed E-state index contributed by atoms with van der Waals surface area (Å²) < 4.78 is 6.86. The highest BCUT2D eigenvalue weighted by Crippen LogP contribution is 2.19. The van der Waals surface area contributed by atoms with Gasteiger partial charge < -0.3 is 9.30 Å². The zero-order chi connectivity index (χ0) is 18.4. The van der Waals surface area contributed by atoms with E-state index in [-0.39, 0.29) is 5.97 Å². The Labute approximate surface area is 152 Å². The number of aromatic nitrogens is 1. The van der Waals surface area contributed by atoms with Crippen molar-refractivity contribution in [2.75, 3.05) is 6.61 Å². The van der Waals surface area contributed by atoms with Gasteiger partial charge in [-0.15, -0.1) is 0 Å². The summed E-state index contributed by atoms with van der Waals surface area (Å²) in [6.45, 7) is 2.13. The number of carbonyl (C=O) groups is 1. The predicted molar refractivity (Wildman–Crippen MR) is 102 cm³/mol. The Balaban J connectivity index is 1.85. The zero-order valence-electron chi connectivity index (χ0n) is 14.4. The summed E-state index contributed by atoms with van der Waals surface area (Å²) in [5.74, 6) is -0.337. The second-order valence-electron chi connectivity index (χ2n) is 5.66. The molecule has 2 aromatic carbocycles. The normalized spacial score (nSPS) is 10.6. The molecule has 0 atom stereocenters. The van der Waals surface area contributed by atoms with E-state index in [2.05, 4.69) is 6.07 Å². The van der Waals surface area contributed by atoms with Gasteiger partial charge in [-0.2, -0.15) is 5.26 Å². The number of hydrogen-bond donors (Lipinski definition) is 0. The molecule has 0 saturated carbocycles. The third kappa shape index (κ3) is 3.90. The fourth-order valence-corrected chi connectivity index (χ4v) is 2.58. The molecule has 0 amide bonds. The molecule has 128 valence electrons. The lowest BCUT2D eigenvalue weighted by Crippen LogP contribution is -2.04. The van der Waals surface area contributed by atoms with Gasteiger partial charge in [-0.05, 0) is 36.8 Å². The molecule has 0 saturated heterocycles. The van der Waals surface area contributed by atoms with Crippen LogP contribution in [0, 0.1) is 11.3 Å². The summed E-state index contributed by atoms with van der Waals surface area (Å²) >= 11 is 0. The summed E-state index contributed by atoms with van der Waals surface area (Å²) in [7, 11) is 0. The van der Waals surface area contributed by atoms with E-state index in [1.54, 1.807) is 25.3 Å². The molecule has 3 rings (SSSR count). The number of ether oxygens (including phenoxy) is 1. The largest absolute Gasteiger partial charge is 0.462 e. The summed E-state index contributed by atoms with van der Waals surface area (Å²) in [6.07, 6.45) is 7.59. The van der Waals surface area contributed by atoms with Crippen molar-refractivity contribution >= 4 is 18.1 Å². The van der Waals surface area contributed by atoms with Crippen LogP contribution in [0.4, 0.5) is 0 Å². The summed E-state index contributed by atoms with van der Waals surface area (Å²) in [5.41, 5.74) is 3.88. The van der Waals surface area contributed by atoms with Gasteiger partial charge in [-0.3, -0.25) is 0 Å². The summed E-state index contributed by atoms with van der Waals surface area (Å²) in [4.78, 5) is 11.7. The average molecular weight is 342 g/mol. The van der Waals surface area contributed by atoms with E-state index in [1.807, 2.05) is 65.4 Å². The van der Waals surface area contributed by atoms with Crippen molar-refractivity contribution in [1.29, 1.82) is 5.26 Å². The Morgan fingerprint density at radius 2 is 1.81 bits per heavy atom. The van der Waals surface area contributed by atoms with Crippen LogP contribution in [0.2, 0.25) is 0 Å². The Hall–Kier alpha value is -3.58. The summed E-state index contributed by atoms with van der Waals surface area (Å²) in [5, 5.41) is 9.39. The number of nitrogens with zero attached hydrogens (tertiary/aromatic N) is 2. The molecule has 0 spiro atoms. The van der Waals surface area contributed by atoms with Crippen LogP contribution in [0.25, 0.3) is 17.8 Å². The lowest BCUT2D eigenvalue weighted by atomic mass is 10.1. The molecule has 3 aromatic rings. The molecular weight excluding hydrogens is 324 g/mol. The third-order valence-electron chi connectivity index (χ3n) is 3.91. The van der Waals surface area contributed by atoms with Gasteiger partial charge in [0.1, 0.15) is 6.07 Å². The Morgan fingerprint density at radius 1 is 1.08 bits per heavy atom. The van der Waals surface area contributed by atoms with Crippen LogP contribution >= 0.6 is 0 Å². The van der Waals surface area contributed by atoms with Crippen LogP contribution in [0.15, 0.2) is 67.0 Å². The molecule has 1 aromatic heterocycles. The highest BCUT2D eigenvalue weighted by Gasteiger charge is 2.08. The second kappa shape index (κ2) is 8.00. The molecule has 0 radical (unpaired) electrons. The second-order valence-corrected chi connectivity index (χ2v) is 5.66. The van der Waals surface area contributed by atoms with Gasteiger partial charge in [0, 0.05) is 23.6 Å². The Bertz CT molecular complexity index is 962. The van der Waals surface area contributed by atoms with Crippen LogP contribution in [0.5, 0.6) is 0 Å². The van der Waals surface area contributed by atoms with Gasteiger partial charge in [-0.1, -0.05) is 42.5 Å². The van der Waals surface area contributed by atoms with Crippen molar-refractivity contribution < 1.29 is 9.53 Å². The van der Waals surface area contributed by atoms with E-state index in [1.165, 1.54) is 0 Å². The van der Waals surface area contributed by atoms with Crippen molar-refractivity contribution in [3.8, 4) is 11.8 Å². The minimum atomic E-state index is -0.337. The number of benzene rings is 2. The van der Waals surface area contributed by atoms with Crippen molar-refractivity contribution in [3.05, 3.63) is 89.2 Å². The van der Waals surface area contributed by atoms with Gasteiger partial charge in [0.05, 0.1) is 17.7 Å². The van der Waals surface area contributed by atoms with Crippen molar-refractivity contribution in [2.45, 2.75) is 6.92 Å². The first-order valence-corrected chi connectivity index (χ1v) is 8.34. The zero-order valence-corrected chi connectivity index (χ0v) is 14.4. The van der Waals surface area contributed by atoms with Crippen molar-refractivity contribution in [3.63, 3.8) is 0 Å². The first-order valence-electron chi connectivity index (χ1n) is 8.34. The van der Waals surface area contributed by atoms with Crippen LogP contribution < -0.4 is 0 Å². The highest BCUT2D eigenvalue weighted by atomic mass is 16.5. The van der Waals surface area contributed by atoms with Crippen LogP contribution in [0.1, 0.15) is 34.0 Å². The lowest BCUT2D eigenvalue weighted by molar-refractivity contribution is 0.0526. The van der Waals surface area contributed by atoms with Gasteiger partial charge >= 0.3 is 5.97 Å². The first kappa shape index (κ1) is 17.2. The molecule has 4 nitrogen and oxygen atoms in total. The maximum Gasteiger partial charge on any atom is 0.338 e. The van der Waals surface area contributed by atoms with Gasteiger partial charge in [0.2, 0.25) is 0 Å². The van der Waals surface area contributed by atoms with E-state index in [0.29, 0.717) is 17.7 Å². The number of carbonyl (C=O) groups excluding carboxylic acids is 1. The van der Waals surface area contributed by atoms with Crippen molar-refractivity contribution in [2.24, 2.45) is 0 Å². The smallest absolute Gasteiger partial charge is 0.338 e. The molecule has 0 aliphatic carbocycles. The molecule has 0 fully saturated rings.